The van der Waals surface area contributed by atoms with E-state index in [1.807, 2.05) is 0 Å². The van der Waals surface area contributed by atoms with Crippen molar-refractivity contribution in [1.82, 2.24) is 5.32 Å². The van der Waals surface area contributed by atoms with Crippen LogP contribution in [-0.4, -0.2) is 28.8 Å². The zero-order valence-electron chi connectivity index (χ0n) is 19.9. The number of nitrogens with one attached hydrogen (secondary N) is 1. The second kappa shape index (κ2) is 22.5. The van der Waals surface area contributed by atoms with Gasteiger partial charge in [0.15, 0.2) is 0 Å². The van der Waals surface area contributed by atoms with E-state index in [4.69, 9.17) is 9.79 Å². The van der Waals surface area contributed by atoms with Gasteiger partial charge in [-0.1, -0.05) is 83.3 Å². The number of rotatable bonds is 23. The molecular formula is C24H48NO5P. The lowest BCUT2D eigenvalue weighted by atomic mass is 10.1. The fourth-order valence-corrected chi connectivity index (χ4v) is 3.80. The van der Waals surface area contributed by atoms with Crippen molar-refractivity contribution in [3.8, 4) is 0 Å². The van der Waals surface area contributed by atoms with Crippen LogP contribution in [0.2, 0.25) is 0 Å². The van der Waals surface area contributed by atoms with E-state index in [0.29, 0.717) is 19.4 Å². The lowest BCUT2D eigenvalue weighted by Crippen LogP contribution is -2.23. The van der Waals surface area contributed by atoms with Crippen LogP contribution in [0, 0.1) is 0 Å². The Labute approximate surface area is 190 Å². The third-order valence-corrected chi connectivity index (χ3v) is 5.84. The van der Waals surface area contributed by atoms with E-state index in [9.17, 15) is 9.36 Å². The first-order valence-electron chi connectivity index (χ1n) is 12.6. The van der Waals surface area contributed by atoms with Gasteiger partial charge in [-0.15, -0.1) is 0 Å². The largest absolute Gasteiger partial charge is 0.469 e. The Kier molecular flexibility index (Phi) is 22.0. The third-order valence-electron chi connectivity index (χ3n) is 5.32. The molecule has 0 aromatic carbocycles. The van der Waals surface area contributed by atoms with Gasteiger partial charge in [-0.2, -0.15) is 0 Å². The van der Waals surface area contributed by atoms with E-state index >= 15 is 0 Å². The summed E-state index contributed by atoms with van der Waals surface area (Å²) in [6.45, 7) is 3.00. The van der Waals surface area contributed by atoms with Crippen molar-refractivity contribution in [2.24, 2.45) is 0 Å². The Morgan fingerprint density at radius 1 is 0.774 bits per heavy atom. The molecule has 0 aromatic rings. The van der Waals surface area contributed by atoms with Crippen LogP contribution < -0.4 is 5.32 Å². The van der Waals surface area contributed by atoms with Crippen molar-refractivity contribution in [2.75, 3.05) is 13.2 Å². The van der Waals surface area contributed by atoms with Crippen molar-refractivity contribution in [2.45, 2.75) is 122 Å². The van der Waals surface area contributed by atoms with Gasteiger partial charge in [0.05, 0.1) is 6.61 Å². The smallest absolute Gasteiger partial charge is 0.356 e. The number of phosphoric ester groups is 1. The Morgan fingerprint density at radius 3 is 1.90 bits per heavy atom. The van der Waals surface area contributed by atoms with E-state index in [2.05, 4.69) is 28.9 Å². The molecule has 0 fully saturated rings. The first kappa shape index (κ1) is 30.3. The number of carbonyl (C=O) groups excluding carboxylic acids is 1. The SMILES string of the molecule is CCCCCCCC/C=C\CCCCCCCC(=O)NCCCCCCOP(=O)(O)O. The van der Waals surface area contributed by atoms with Crippen LogP contribution in [0.3, 0.4) is 0 Å². The molecule has 0 unspecified atom stereocenters. The van der Waals surface area contributed by atoms with Crippen LogP contribution >= 0.6 is 7.82 Å². The van der Waals surface area contributed by atoms with Gasteiger partial charge < -0.3 is 15.1 Å². The number of allylic oxidation sites excluding steroid dienone is 2. The zero-order valence-corrected chi connectivity index (χ0v) is 20.8. The maximum atomic E-state index is 11.8. The molecule has 0 radical (unpaired) electrons. The summed E-state index contributed by atoms with van der Waals surface area (Å²) >= 11 is 0. The lowest BCUT2D eigenvalue weighted by Gasteiger charge is -2.06. The Morgan fingerprint density at radius 2 is 1.29 bits per heavy atom. The summed E-state index contributed by atoms with van der Waals surface area (Å²) in [4.78, 5) is 28.9. The molecule has 6 nitrogen and oxygen atoms in total. The van der Waals surface area contributed by atoms with Crippen LogP contribution in [0.25, 0.3) is 0 Å². The van der Waals surface area contributed by atoms with Gasteiger partial charge in [-0.05, 0) is 44.9 Å². The Hall–Kier alpha value is -0.680. The van der Waals surface area contributed by atoms with Crippen molar-refractivity contribution >= 4 is 13.7 Å². The summed E-state index contributed by atoms with van der Waals surface area (Å²) in [7, 11) is -4.33. The van der Waals surface area contributed by atoms with Crippen LogP contribution in [-0.2, 0) is 13.9 Å². The predicted molar refractivity (Wildman–Crippen MR) is 129 cm³/mol. The monoisotopic (exact) mass is 461 g/mol. The van der Waals surface area contributed by atoms with E-state index < -0.39 is 7.82 Å². The summed E-state index contributed by atoms with van der Waals surface area (Å²) in [5.41, 5.74) is 0. The molecule has 0 atom stereocenters. The van der Waals surface area contributed by atoms with E-state index in [1.165, 1.54) is 70.6 Å². The topological polar surface area (TPSA) is 95.9 Å². The van der Waals surface area contributed by atoms with Gasteiger partial charge in [0, 0.05) is 13.0 Å². The van der Waals surface area contributed by atoms with Gasteiger partial charge >= 0.3 is 7.82 Å². The molecule has 0 aliphatic rings. The fraction of sp³-hybridized carbons (Fsp3) is 0.875. The van der Waals surface area contributed by atoms with Gasteiger partial charge in [-0.25, -0.2) is 4.57 Å². The van der Waals surface area contributed by atoms with E-state index in [1.54, 1.807) is 0 Å². The van der Waals surface area contributed by atoms with E-state index in [0.717, 1.165) is 32.1 Å². The number of unbranched alkanes of at least 4 members (excludes halogenated alkanes) is 14. The molecule has 3 N–H and O–H groups in total. The predicted octanol–water partition coefficient (Wildman–Crippen LogP) is 6.81. The van der Waals surface area contributed by atoms with E-state index in [-0.39, 0.29) is 12.5 Å². The van der Waals surface area contributed by atoms with Crippen molar-refractivity contribution < 1.29 is 23.7 Å². The maximum Gasteiger partial charge on any atom is 0.469 e. The van der Waals surface area contributed by atoms with Crippen LogP contribution in [0.4, 0.5) is 0 Å². The summed E-state index contributed by atoms with van der Waals surface area (Å²) in [6.07, 6.45) is 24.9. The Balaban J connectivity index is 3.25. The summed E-state index contributed by atoms with van der Waals surface area (Å²) in [5.74, 6) is 0.127. The standard InChI is InChI=1S/C24H48NO5P/c1-2-3-4-5-6-7-8-9-10-11-12-13-14-15-18-21-24(26)25-22-19-16-17-20-23-30-31(27,28)29/h9-10H,2-8,11-23H2,1H3,(H,25,26)(H2,27,28,29)/b10-9-. The fourth-order valence-electron chi connectivity index (χ4n) is 3.44. The second-order valence-corrected chi connectivity index (χ2v) is 9.66. The van der Waals surface area contributed by atoms with Gasteiger partial charge in [0.2, 0.25) is 5.91 Å². The van der Waals surface area contributed by atoms with Crippen molar-refractivity contribution in [1.29, 1.82) is 0 Å². The van der Waals surface area contributed by atoms with Gasteiger partial charge in [-0.3, -0.25) is 9.32 Å². The van der Waals surface area contributed by atoms with Gasteiger partial charge in [0.25, 0.3) is 0 Å². The number of phosphoric acid groups is 1. The molecule has 184 valence electrons. The molecule has 0 aromatic heterocycles. The minimum absolute atomic E-state index is 0.0755. The summed E-state index contributed by atoms with van der Waals surface area (Å²) in [6, 6.07) is 0. The third kappa shape index (κ3) is 27.3. The molecule has 0 spiro atoms. The molecule has 31 heavy (non-hydrogen) atoms. The number of hydrogen-bond acceptors (Lipinski definition) is 3. The summed E-state index contributed by atoms with van der Waals surface area (Å²) < 4.78 is 14.9. The van der Waals surface area contributed by atoms with Crippen LogP contribution in [0.1, 0.15) is 122 Å². The highest BCUT2D eigenvalue weighted by Crippen LogP contribution is 2.35. The highest BCUT2D eigenvalue weighted by atomic mass is 31.2. The number of hydrogen-bond donors (Lipinski definition) is 3. The first-order valence-corrected chi connectivity index (χ1v) is 14.1. The molecule has 7 heteroatoms. The second-order valence-electron chi connectivity index (χ2n) is 8.42. The van der Waals surface area contributed by atoms with Crippen molar-refractivity contribution in [3.63, 3.8) is 0 Å². The quantitative estimate of drug-likeness (QED) is 0.0882. The lowest BCUT2D eigenvalue weighted by molar-refractivity contribution is -0.121. The number of amides is 1. The van der Waals surface area contributed by atoms with Crippen LogP contribution in [0.15, 0.2) is 12.2 Å². The average molecular weight is 462 g/mol. The minimum Gasteiger partial charge on any atom is -0.356 e. The molecule has 1 amide bonds. The number of carbonyl (C=O) groups is 1. The van der Waals surface area contributed by atoms with Gasteiger partial charge in [0.1, 0.15) is 0 Å². The molecule has 0 rings (SSSR count). The average Bonchev–Trinajstić information content (AvgIpc) is 2.72. The summed E-state index contributed by atoms with van der Waals surface area (Å²) in [5, 5.41) is 2.94. The molecule has 0 saturated carbocycles. The molecular weight excluding hydrogens is 413 g/mol. The van der Waals surface area contributed by atoms with Crippen molar-refractivity contribution in [3.05, 3.63) is 12.2 Å². The Bertz CT molecular complexity index is 479. The molecule has 0 bridgehead atoms. The maximum absolute atomic E-state index is 11.8. The normalized spacial score (nSPS) is 12.0. The molecule has 0 aliphatic carbocycles. The highest BCUT2D eigenvalue weighted by Gasteiger charge is 2.12. The molecule has 0 aliphatic heterocycles. The zero-order chi connectivity index (χ0) is 23.0. The van der Waals surface area contributed by atoms with Crippen LogP contribution in [0.5, 0.6) is 0 Å². The highest BCUT2D eigenvalue weighted by molar-refractivity contribution is 7.46. The first-order chi connectivity index (χ1) is 15.0. The molecule has 0 saturated heterocycles. The molecule has 0 heterocycles. The minimum atomic E-state index is -4.33.